The highest BCUT2D eigenvalue weighted by atomic mass is 32.2. The van der Waals surface area contributed by atoms with Gasteiger partial charge in [0.15, 0.2) is 4.34 Å². The largest absolute Gasteiger partial charge is 0.466 e. The molecule has 0 aromatic carbocycles. The summed E-state index contributed by atoms with van der Waals surface area (Å²) in [5, 5.41) is 11.0. The number of carbonyl (C=O) groups is 3. The van der Waals surface area contributed by atoms with E-state index in [4.69, 9.17) is 9.15 Å². The monoisotopic (exact) mass is 453 g/mol. The molecule has 162 valence electrons. The predicted molar refractivity (Wildman–Crippen MR) is 112 cm³/mol. The standard InChI is InChI=1S/C18H23N5O5S2/c1-4-27-18(26)23-7-5-22(6-8-23)14(24)10-29-17-21-20-16(30-17)19-15(25)13-9-11(2)28-12(13)3/h9H,4-8,10H2,1-3H3,(H,19,20,25). The van der Waals surface area contributed by atoms with E-state index in [1.165, 1.54) is 23.1 Å². The average Bonchev–Trinajstić information content (AvgIpc) is 3.31. The molecule has 0 bridgehead atoms. The van der Waals surface area contributed by atoms with E-state index in [0.717, 1.165) is 0 Å². The highest BCUT2D eigenvalue weighted by Gasteiger charge is 2.25. The molecule has 3 amide bonds. The van der Waals surface area contributed by atoms with Crippen LogP contribution in [0.2, 0.25) is 0 Å². The van der Waals surface area contributed by atoms with Crippen molar-refractivity contribution >= 4 is 46.1 Å². The van der Waals surface area contributed by atoms with E-state index in [2.05, 4.69) is 15.5 Å². The molecule has 1 fully saturated rings. The number of rotatable bonds is 6. The Morgan fingerprint density at radius 2 is 1.90 bits per heavy atom. The van der Waals surface area contributed by atoms with Gasteiger partial charge in [-0.1, -0.05) is 23.1 Å². The Labute approximate surface area is 181 Å². The molecule has 2 aromatic rings. The number of amides is 3. The summed E-state index contributed by atoms with van der Waals surface area (Å²) in [6, 6.07) is 1.67. The van der Waals surface area contributed by atoms with Crippen LogP contribution in [0.25, 0.3) is 0 Å². The van der Waals surface area contributed by atoms with Crippen molar-refractivity contribution in [3.63, 3.8) is 0 Å². The first-order valence-corrected chi connectivity index (χ1v) is 11.2. The molecule has 0 spiro atoms. The van der Waals surface area contributed by atoms with Gasteiger partial charge < -0.3 is 19.0 Å². The molecule has 12 heteroatoms. The van der Waals surface area contributed by atoms with E-state index in [1.54, 1.807) is 36.6 Å². The highest BCUT2D eigenvalue weighted by molar-refractivity contribution is 8.01. The summed E-state index contributed by atoms with van der Waals surface area (Å²) >= 11 is 2.47. The van der Waals surface area contributed by atoms with E-state index in [9.17, 15) is 14.4 Å². The van der Waals surface area contributed by atoms with Crippen LogP contribution in [0.5, 0.6) is 0 Å². The van der Waals surface area contributed by atoms with E-state index in [0.29, 0.717) is 59.3 Å². The number of nitrogens with zero attached hydrogens (tertiary/aromatic N) is 4. The van der Waals surface area contributed by atoms with E-state index >= 15 is 0 Å². The fraction of sp³-hybridized carbons (Fsp3) is 0.500. The number of thioether (sulfide) groups is 1. The minimum absolute atomic E-state index is 0.0335. The summed E-state index contributed by atoms with van der Waals surface area (Å²) in [4.78, 5) is 39.8. The minimum atomic E-state index is -0.344. The Balaban J connectivity index is 1.45. The molecule has 30 heavy (non-hydrogen) atoms. The number of carbonyl (C=O) groups excluding carboxylic acids is 3. The van der Waals surface area contributed by atoms with Crippen molar-refractivity contribution in [2.24, 2.45) is 0 Å². The quantitative estimate of drug-likeness (QED) is 0.523. The third-order valence-corrected chi connectivity index (χ3v) is 6.35. The van der Waals surface area contributed by atoms with E-state index in [-0.39, 0.29) is 23.7 Å². The van der Waals surface area contributed by atoms with Crippen LogP contribution in [-0.2, 0) is 9.53 Å². The lowest BCUT2D eigenvalue weighted by Gasteiger charge is -2.33. The van der Waals surface area contributed by atoms with Gasteiger partial charge in [-0.3, -0.25) is 14.9 Å². The van der Waals surface area contributed by atoms with Gasteiger partial charge in [-0.15, -0.1) is 10.2 Å². The molecular weight excluding hydrogens is 430 g/mol. The lowest BCUT2D eigenvalue weighted by Crippen LogP contribution is -2.51. The maximum atomic E-state index is 12.4. The van der Waals surface area contributed by atoms with Gasteiger partial charge in [0.25, 0.3) is 5.91 Å². The maximum absolute atomic E-state index is 12.4. The Bertz CT molecular complexity index is 920. The predicted octanol–water partition coefficient (Wildman–Crippen LogP) is 2.39. The highest BCUT2D eigenvalue weighted by Crippen LogP contribution is 2.26. The van der Waals surface area contributed by atoms with Crippen molar-refractivity contribution in [1.82, 2.24) is 20.0 Å². The summed E-state index contributed by atoms with van der Waals surface area (Å²) in [5.74, 6) is 1.06. The number of ether oxygens (including phenoxy) is 1. The number of aromatic nitrogens is 2. The van der Waals surface area contributed by atoms with Crippen LogP contribution in [0.4, 0.5) is 9.93 Å². The molecule has 0 radical (unpaired) electrons. The summed E-state index contributed by atoms with van der Waals surface area (Å²) < 4.78 is 10.9. The Morgan fingerprint density at radius 1 is 1.20 bits per heavy atom. The van der Waals surface area contributed by atoms with Gasteiger partial charge in [0, 0.05) is 26.2 Å². The molecule has 0 unspecified atom stereocenters. The molecule has 1 N–H and O–H groups in total. The van der Waals surface area contributed by atoms with Crippen LogP contribution in [0.3, 0.4) is 0 Å². The number of piperazine rings is 1. The maximum Gasteiger partial charge on any atom is 0.409 e. The topological polar surface area (TPSA) is 118 Å². The van der Waals surface area contributed by atoms with Gasteiger partial charge in [0.05, 0.1) is 17.9 Å². The number of hydrogen-bond acceptors (Lipinski definition) is 9. The first-order valence-electron chi connectivity index (χ1n) is 9.41. The molecule has 0 aliphatic carbocycles. The molecule has 0 saturated carbocycles. The zero-order valence-electron chi connectivity index (χ0n) is 17.0. The fourth-order valence-corrected chi connectivity index (χ4v) is 4.56. The van der Waals surface area contributed by atoms with Gasteiger partial charge in [0.1, 0.15) is 11.5 Å². The smallest absolute Gasteiger partial charge is 0.409 e. The molecule has 1 aliphatic rings. The first-order chi connectivity index (χ1) is 14.4. The first kappa shape index (κ1) is 22.1. The number of nitrogens with one attached hydrogen (secondary N) is 1. The summed E-state index contributed by atoms with van der Waals surface area (Å²) in [6.07, 6.45) is -0.344. The molecule has 3 heterocycles. The van der Waals surface area contributed by atoms with Crippen molar-refractivity contribution in [3.05, 3.63) is 23.2 Å². The average molecular weight is 454 g/mol. The lowest BCUT2D eigenvalue weighted by atomic mass is 10.2. The summed E-state index contributed by atoms with van der Waals surface area (Å²) in [7, 11) is 0. The Hall–Kier alpha value is -2.60. The van der Waals surface area contributed by atoms with Crippen molar-refractivity contribution in [2.75, 3.05) is 43.9 Å². The van der Waals surface area contributed by atoms with Gasteiger partial charge in [-0.25, -0.2) is 4.79 Å². The molecule has 2 aromatic heterocycles. The normalized spacial score (nSPS) is 14.0. The van der Waals surface area contributed by atoms with Crippen LogP contribution >= 0.6 is 23.1 Å². The fourth-order valence-electron chi connectivity index (χ4n) is 2.91. The number of hydrogen-bond donors (Lipinski definition) is 1. The second-order valence-electron chi connectivity index (χ2n) is 6.51. The van der Waals surface area contributed by atoms with Gasteiger partial charge >= 0.3 is 6.09 Å². The van der Waals surface area contributed by atoms with Gasteiger partial charge in [-0.05, 0) is 26.8 Å². The summed E-state index contributed by atoms with van der Waals surface area (Å²) in [6.45, 7) is 7.45. The number of furan rings is 1. The third kappa shape index (κ3) is 5.51. The zero-order chi connectivity index (χ0) is 21.7. The van der Waals surface area contributed by atoms with Crippen LogP contribution in [-0.4, -0.2) is 76.4 Å². The zero-order valence-corrected chi connectivity index (χ0v) is 18.6. The second-order valence-corrected chi connectivity index (χ2v) is 8.71. The minimum Gasteiger partial charge on any atom is -0.466 e. The number of anilines is 1. The van der Waals surface area contributed by atoms with Crippen molar-refractivity contribution < 1.29 is 23.5 Å². The van der Waals surface area contributed by atoms with E-state index in [1.807, 2.05) is 0 Å². The molecule has 1 saturated heterocycles. The van der Waals surface area contributed by atoms with E-state index < -0.39 is 0 Å². The van der Waals surface area contributed by atoms with Crippen molar-refractivity contribution in [1.29, 1.82) is 0 Å². The number of aryl methyl sites for hydroxylation is 2. The molecule has 0 atom stereocenters. The van der Waals surface area contributed by atoms with Gasteiger partial charge in [-0.2, -0.15) is 0 Å². The summed E-state index contributed by atoms with van der Waals surface area (Å²) in [5.41, 5.74) is 0.453. The second kappa shape index (κ2) is 9.94. The molecule has 10 nitrogen and oxygen atoms in total. The molecular formula is C18H23N5O5S2. The Kier molecular flexibility index (Phi) is 7.32. The van der Waals surface area contributed by atoms with Crippen LogP contribution in [0.15, 0.2) is 14.8 Å². The SMILES string of the molecule is CCOC(=O)N1CCN(C(=O)CSc2nnc(NC(=O)c3cc(C)oc3C)s2)CC1. The molecule has 1 aliphatic heterocycles. The van der Waals surface area contributed by atoms with Crippen LogP contribution < -0.4 is 5.32 Å². The van der Waals surface area contributed by atoms with Gasteiger partial charge in [0.2, 0.25) is 11.0 Å². The Morgan fingerprint density at radius 3 is 2.53 bits per heavy atom. The van der Waals surface area contributed by atoms with Crippen molar-refractivity contribution in [2.45, 2.75) is 25.1 Å². The lowest BCUT2D eigenvalue weighted by molar-refractivity contribution is -0.129. The molecule has 3 rings (SSSR count). The van der Waals surface area contributed by atoms with Crippen LogP contribution in [0.1, 0.15) is 28.8 Å². The van der Waals surface area contributed by atoms with Crippen molar-refractivity contribution in [3.8, 4) is 0 Å². The van der Waals surface area contributed by atoms with Crippen LogP contribution in [0, 0.1) is 13.8 Å². The third-order valence-electron chi connectivity index (χ3n) is 4.39.